The third-order valence-electron chi connectivity index (χ3n) is 2.52. The van der Waals surface area contributed by atoms with Crippen LogP contribution in [0, 0.1) is 0 Å². The molecule has 0 spiro atoms. The van der Waals surface area contributed by atoms with Crippen molar-refractivity contribution in [3.05, 3.63) is 45.6 Å². The zero-order valence-electron chi connectivity index (χ0n) is 9.26. The van der Waals surface area contributed by atoms with Crippen LogP contribution in [-0.4, -0.2) is 4.98 Å². The standard InChI is InChI=1S/C13H9BrN2S2/c14-8-5-12(17-6-8)13-16-11(7-18-13)9-3-1-2-4-10(9)15/h1-7H,15H2. The number of nitrogen functional groups attached to an aromatic ring is 1. The molecule has 1 aromatic carbocycles. The minimum Gasteiger partial charge on any atom is -0.398 e. The molecule has 5 heteroatoms. The first-order valence-corrected chi connectivity index (χ1v) is 7.84. The van der Waals surface area contributed by atoms with Crippen LogP contribution in [-0.2, 0) is 0 Å². The highest BCUT2D eigenvalue weighted by Gasteiger charge is 2.10. The van der Waals surface area contributed by atoms with Crippen LogP contribution in [0.25, 0.3) is 21.1 Å². The number of rotatable bonds is 2. The summed E-state index contributed by atoms with van der Waals surface area (Å²) in [6, 6.07) is 9.89. The number of aromatic nitrogens is 1. The van der Waals surface area contributed by atoms with E-state index in [1.54, 1.807) is 22.7 Å². The van der Waals surface area contributed by atoms with Crippen molar-refractivity contribution in [1.82, 2.24) is 4.98 Å². The van der Waals surface area contributed by atoms with Gasteiger partial charge in [0.15, 0.2) is 0 Å². The van der Waals surface area contributed by atoms with Gasteiger partial charge in [-0.3, -0.25) is 0 Å². The summed E-state index contributed by atoms with van der Waals surface area (Å²) in [5.74, 6) is 0. The quantitative estimate of drug-likeness (QED) is 0.677. The number of thiophene rings is 1. The molecule has 0 amide bonds. The smallest absolute Gasteiger partial charge is 0.134 e. The summed E-state index contributed by atoms with van der Waals surface area (Å²) < 4.78 is 1.10. The van der Waals surface area contributed by atoms with E-state index < -0.39 is 0 Å². The Labute approximate surface area is 121 Å². The Balaban J connectivity index is 2.02. The average Bonchev–Trinajstić information content (AvgIpc) is 2.98. The number of hydrogen-bond donors (Lipinski definition) is 1. The first-order chi connectivity index (χ1) is 8.74. The van der Waals surface area contributed by atoms with Gasteiger partial charge in [-0.1, -0.05) is 18.2 Å². The fourth-order valence-corrected chi connectivity index (χ4v) is 3.99. The van der Waals surface area contributed by atoms with Crippen molar-refractivity contribution in [2.24, 2.45) is 0 Å². The second-order valence-electron chi connectivity index (χ2n) is 3.75. The monoisotopic (exact) mass is 336 g/mol. The van der Waals surface area contributed by atoms with Crippen LogP contribution in [0.2, 0.25) is 0 Å². The van der Waals surface area contributed by atoms with Gasteiger partial charge in [-0.05, 0) is 28.1 Å². The summed E-state index contributed by atoms with van der Waals surface area (Å²) in [5.41, 5.74) is 8.67. The molecule has 0 aliphatic heterocycles. The summed E-state index contributed by atoms with van der Waals surface area (Å²) in [6.45, 7) is 0. The molecule has 2 N–H and O–H groups in total. The Hall–Kier alpha value is -1.17. The van der Waals surface area contributed by atoms with Crippen molar-refractivity contribution in [2.75, 3.05) is 5.73 Å². The van der Waals surface area contributed by atoms with Crippen LogP contribution in [0.5, 0.6) is 0 Å². The number of anilines is 1. The minimum absolute atomic E-state index is 0.765. The van der Waals surface area contributed by atoms with Gasteiger partial charge >= 0.3 is 0 Å². The molecule has 0 aliphatic carbocycles. The van der Waals surface area contributed by atoms with Crippen LogP contribution in [0.1, 0.15) is 0 Å². The second-order valence-corrected chi connectivity index (χ2v) is 6.44. The van der Waals surface area contributed by atoms with Crippen molar-refractivity contribution in [2.45, 2.75) is 0 Å². The van der Waals surface area contributed by atoms with E-state index in [4.69, 9.17) is 5.73 Å². The number of halogens is 1. The maximum absolute atomic E-state index is 5.96. The van der Waals surface area contributed by atoms with Gasteiger partial charge in [0.2, 0.25) is 0 Å². The van der Waals surface area contributed by atoms with Crippen molar-refractivity contribution >= 4 is 44.3 Å². The zero-order chi connectivity index (χ0) is 12.5. The number of para-hydroxylation sites is 1. The van der Waals surface area contributed by atoms with E-state index in [0.29, 0.717) is 0 Å². The maximum atomic E-state index is 5.96. The predicted octanol–water partition coefficient (Wildman–Crippen LogP) is 4.88. The normalized spacial score (nSPS) is 10.7. The van der Waals surface area contributed by atoms with Crippen molar-refractivity contribution in [3.63, 3.8) is 0 Å². The molecule has 0 radical (unpaired) electrons. The molecule has 3 rings (SSSR count). The summed E-state index contributed by atoms with van der Waals surface area (Å²) >= 11 is 6.79. The SMILES string of the molecule is Nc1ccccc1-c1csc(-c2cc(Br)cs2)n1. The van der Waals surface area contributed by atoms with E-state index >= 15 is 0 Å². The van der Waals surface area contributed by atoms with Crippen molar-refractivity contribution < 1.29 is 0 Å². The van der Waals surface area contributed by atoms with Gasteiger partial charge < -0.3 is 5.73 Å². The lowest BCUT2D eigenvalue weighted by Crippen LogP contribution is -1.88. The Bertz CT molecular complexity index is 688. The zero-order valence-corrected chi connectivity index (χ0v) is 12.5. The fraction of sp³-hybridized carbons (Fsp3) is 0. The Morgan fingerprint density at radius 2 is 1.94 bits per heavy atom. The van der Waals surface area contributed by atoms with Crippen LogP contribution >= 0.6 is 38.6 Å². The molecule has 2 aromatic heterocycles. The van der Waals surface area contributed by atoms with E-state index in [2.05, 4.69) is 37.7 Å². The number of benzene rings is 1. The molecule has 0 saturated heterocycles. The third-order valence-corrected chi connectivity index (χ3v) is 5.22. The highest BCUT2D eigenvalue weighted by atomic mass is 79.9. The van der Waals surface area contributed by atoms with E-state index in [9.17, 15) is 0 Å². The Morgan fingerprint density at radius 1 is 1.11 bits per heavy atom. The molecule has 0 bridgehead atoms. The van der Waals surface area contributed by atoms with Crippen molar-refractivity contribution in [1.29, 1.82) is 0 Å². The first kappa shape index (κ1) is 11.9. The minimum atomic E-state index is 0.765. The summed E-state index contributed by atoms with van der Waals surface area (Å²) in [7, 11) is 0. The van der Waals surface area contributed by atoms with Gasteiger partial charge in [-0.25, -0.2) is 4.98 Å². The summed E-state index contributed by atoms with van der Waals surface area (Å²) in [5, 5.41) is 5.14. The number of nitrogens with zero attached hydrogens (tertiary/aromatic N) is 1. The molecule has 3 aromatic rings. The van der Waals surface area contributed by atoms with Crippen LogP contribution in [0.3, 0.4) is 0 Å². The molecule has 0 fully saturated rings. The summed E-state index contributed by atoms with van der Waals surface area (Å²) in [4.78, 5) is 5.83. The molecule has 0 atom stereocenters. The average molecular weight is 337 g/mol. The van der Waals surface area contributed by atoms with Gasteiger partial charge in [-0.15, -0.1) is 22.7 Å². The van der Waals surface area contributed by atoms with Crippen molar-refractivity contribution in [3.8, 4) is 21.1 Å². The highest BCUT2D eigenvalue weighted by molar-refractivity contribution is 9.10. The molecule has 0 aliphatic rings. The molecule has 18 heavy (non-hydrogen) atoms. The highest BCUT2D eigenvalue weighted by Crippen LogP contribution is 2.35. The largest absolute Gasteiger partial charge is 0.398 e. The van der Waals surface area contributed by atoms with Gasteiger partial charge in [0.1, 0.15) is 5.01 Å². The van der Waals surface area contributed by atoms with E-state index in [-0.39, 0.29) is 0 Å². The van der Waals surface area contributed by atoms with E-state index in [1.807, 2.05) is 24.3 Å². The lowest BCUT2D eigenvalue weighted by molar-refractivity contribution is 1.41. The first-order valence-electron chi connectivity index (χ1n) is 5.29. The molecule has 0 unspecified atom stereocenters. The molecular formula is C13H9BrN2S2. The Morgan fingerprint density at radius 3 is 2.67 bits per heavy atom. The maximum Gasteiger partial charge on any atom is 0.134 e. The van der Waals surface area contributed by atoms with E-state index in [0.717, 1.165) is 26.4 Å². The number of thiazole rings is 1. The number of nitrogens with two attached hydrogens (primary N) is 1. The topological polar surface area (TPSA) is 38.9 Å². The molecule has 90 valence electrons. The van der Waals surface area contributed by atoms with Gasteiger partial charge in [-0.2, -0.15) is 0 Å². The second kappa shape index (κ2) is 4.84. The van der Waals surface area contributed by atoms with Gasteiger partial charge in [0, 0.05) is 26.5 Å². The Kier molecular flexibility index (Phi) is 3.20. The summed E-state index contributed by atoms with van der Waals surface area (Å²) in [6.07, 6.45) is 0. The van der Waals surface area contributed by atoms with Gasteiger partial charge in [0.05, 0.1) is 10.6 Å². The lowest BCUT2D eigenvalue weighted by atomic mass is 10.1. The van der Waals surface area contributed by atoms with Crippen LogP contribution in [0.4, 0.5) is 5.69 Å². The fourth-order valence-electron chi connectivity index (χ4n) is 1.67. The molecule has 2 nitrogen and oxygen atoms in total. The van der Waals surface area contributed by atoms with E-state index in [1.165, 1.54) is 4.88 Å². The predicted molar refractivity (Wildman–Crippen MR) is 83.0 cm³/mol. The van der Waals surface area contributed by atoms with Gasteiger partial charge in [0.25, 0.3) is 0 Å². The van der Waals surface area contributed by atoms with Crippen LogP contribution < -0.4 is 5.73 Å². The lowest BCUT2D eigenvalue weighted by Gasteiger charge is -2.00. The molecule has 2 heterocycles. The molecule has 0 saturated carbocycles. The third kappa shape index (κ3) is 2.21. The molecular weight excluding hydrogens is 328 g/mol. The van der Waals surface area contributed by atoms with Crippen LogP contribution in [0.15, 0.2) is 45.6 Å². The number of hydrogen-bond acceptors (Lipinski definition) is 4.